The molecule has 0 unspecified atom stereocenters. The minimum absolute atomic E-state index is 0.0115. The Bertz CT molecular complexity index is 708. The summed E-state index contributed by atoms with van der Waals surface area (Å²) in [4.78, 5) is 14.5. The summed E-state index contributed by atoms with van der Waals surface area (Å²) in [6.45, 7) is 0.705. The van der Waals surface area contributed by atoms with Gasteiger partial charge in [-0.1, -0.05) is 17.3 Å². The summed E-state index contributed by atoms with van der Waals surface area (Å²) in [6, 6.07) is 6.38. The Kier molecular flexibility index (Phi) is 3.21. The molecule has 1 amide bonds. The third-order valence-electron chi connectivity index (χ3n) is 4.69. The van der Waals surface area contributed by atoms with Crippen molar-refractivity contribution in [3.63, 3.8) is 0 Å². The first kappa shape index (κ1) is 13.5. The van der Waals surface area contributed by atoms with Crippen LogP contribution in [0.4, 0.5) is 4.39 Å². The fourth-order valence-corrected chi connectivity index (χ4v) is 3.35. The summed E-state index contributed by atoms with van der Waals surface area (Å²) in [5.41, 5.74) is 2.89. The largest absolute Gasteiger partial charge is 0.350 e. The van der Waals surface area contributed by atoms with Crippen LogP contribution >= 0.6 is 0 Å². The molecule has 0 radical (unpaired) electrons. The number of fused-ring (bicyclic) bond motifs is 1. The summed E-state index contributed by atoms with van der Waals surface area (Å²) in [5.74, 6) is 0.0583. The first-order valence-electron chi connectivity index (χ1n) is 7.78. The van der Waals surface area contributed by atoms with Crippen LogP contribution in [0.2, 0.25) is 0 Å². The zero-order valence-corrected chi connectivity index (χ0v) is 12.2. The number of aromatic nitrogens is 1. The van der Waals surface area contributed by atoms with E-state index in [0.717, 1.165) is 48.9 Å². The summed E-state index contributed by atoms with van der Waals surface area (Å²) in [5, 5.41) is 4.06. The third kappa shape index (κ3) is 2.12. The second kappa shape index (κ2) is 5.23. The summed E-state index contributed by atoms with van der Waals surface area (Å²) in [6.07, 6.45) is 4.85. The molecule has 2 heterocycles. The molecule has 22 heavy (non-hydrogen) atoms. The lowest BCUT2D eigenvalue weighted by molar-refractivity contribution is 0.0417. The molecule has 4 nitrogen and oxygen atoms in total. The quantitative estimate of drug-likeness (QED) is 0.855. The molecule has 1 fully saturated rings. The van der Waals surface area contributed by atoms with Crippen LogP contribution in [0, 0.1) is 5.82 Å². The van der Waals surface area contributed by atoms with Gasteiger partial charge in [0.1, 0.15) is 5.82 Å². The van der Waals surface area contributed by atoms with Crippen LogP contribution in [-0.4, -0.2) is 22.5 Å². The van der Waals surface area contributed by atoms with Crippen LogP contribution in [-0.2, 0) is 12.8 Å². The Hall–Kier alpha value is -2.17. The zero-order chi connectivity index (χ0) is 15.1. The molecule has 0 spiro atoms. The number of aryl methyl sites for hydroxylation is 1. The number of carbonyl (C=O) groups excluding carboxylic acids is 1. The summed E-state index contributed by atoms with van der Waals surface area (Å²) < 4.78 is 18.4. The fraction of sp³-hybridized carbons (Fsp3) is 0.412. The Morgan fingerprint density at radius 2 is 2.00 bits per heavy atom. The van der Waals surface area contributed by atoms with Gasteiger partial charge in [0, 0.05) is 12.1 Å². The van der Waals surface area contributed by atoms with Gasteiger partial charge in [-0.3, -0.25) is 4.79 Å². The molecule has 1 atom stereocenters. The first-order chi connectivity index (χ1) is 10.7. The maximum atomic E-state index is 13.0. The Morgan fingerprint density at radius 3 is 2.73 bits per heavy atom. The van der Waals surface area contributed by atoms with Crippen molar-refractivity contribution in [2.75, 3.05) is 6.54 Å². The van der Waals surface area contributed by atoms with E-state index in [1.165, 1.54) is 12.1 Å². The number of amides is 1. The molecule has 2 aromatic rings. The third-order valence-corrected chi connectivity index (χ3v) is 4.69. The number of carbonyl (C=O) groups is 1. The molecule has 5 heteroatoms. The van der Waals surface area contributed by atoms with Crippen molar-refractivity contribution < 1.29 is 13.7 Å². The predicted octanol–water partition coefficient (Wildman–Crippen LogP) is 3.28. The van der Waals surface area contributed by atoms with E-state index in [1.54, 1.807) is 17.0 Å². The van der Waals surface area contributed by atoms with Crippen molar-refractivity contribution >= 4 is 5.91 Å². The van der Waals surface area contributed by atoms with E-state index >= 15 is 0 Å². The van der Waals surface area contributed by atoms with E-state index < -0.39 is 0 Å². The maximum Gasteiger partial charge on any atom is 0.293 e. The van der Waals surface area contributed by atoms with Crippen molar-refractivity contribution in [2.45, 2.75) is 38.1 Å². The van der Waals surface area contributed by atoms with Crippen LogP contribution < -0.4 is 0 Å². The molecule has 0 N–H and O–H groups in total. The minimum atomic E-state index is -0.259. The molecule has 114 valence electrons. The van der Waals surface area contributed by atoms with Crippen LogP contribution in [0.15, 0.2) is 28.8 Å². The smallest absolute Gasteiger partial charge is 0.293 e. The van der Waals surface area contributed by atoms with Gasteiger partial charge in [0.15, 0.2) is 0 Å². The van der Waals surface area contributed by atoms with E-state index in [1.807, 2.05) is 0 Å². The maximum absolute atomic E-state index is 13.0. The second-order valence-electron chi connectivity index (χ2n) is 6.00. The number of hydrogen-bond donors (Lipinski definition) is 0. The number of benzene rings is 1. The predicted molar refractivity (Wildman–Crippen MR) is 77.9 cm³/mol. The van der Waals surface area contributed by atoms with Gasteiger partial charge in [0.05, 0.1) is 11.7 Å². The lowest BCUT2D eigenvalue weighted by atomic mass is 9.92. The molecule has 1 aromatic heterocycles. The SMILES string of the molecule is O=C(c1onc2c1CCCC2)N1CC[C@@H]1c1ccc(F)cc1. The molecule has 1 aliphatic heterocycles. The Morgan fingerprint density at radius 1 is 1.23 bits per heavy atom. The number of nitrogens with zero attached hydrogens (tertiary/aromatic N) is 2. The van der Waals surface area contributed by atoms with Gasteiger partial charge in [0.2, 0.25) is 5.76 Å². The van der Waals surface area contributed by atoms with Crippen LogP contribution in [0.3, 0.4) is 0 Å². The average Bonchev–Trinajstić information content (AvgIpc) is 2.92. The van der Waals surface area contributed by atoms with Crippen LogP contribution in [0.5, 0.6) is 0 Å². The fourth-order valence-electron chi connectivity index (χ4n) is 3.35. The summed E-state index contributed by atoms with van der Waals surface area (Å²) >= 11 is 0. The van der Waals surface area contributed by atoms with Gasteiger partial charge in [-0.2, -0.15) is 0 Å². The van der Waals surface area contributed by atoms with Crippen LogP contribution in [0.1, 0.15) is 52.7 Å². The highest BCUT2D eigenvalue weighted by molar-refractivity contribution is 5.94. The van der Waals surface area contributed by atoms with Crippen molar-refractivity contribution in [2.24, 2.45) is 0 Å². The van der Waals surface area contributed by atoms with E-state index in [2.05, 4.69) is 5.16 Å². The number of halogens is 1. The van der Waals surface area contributed by atoms with Gasteiger partial charge >= 0.3 is 0 Å². The van der Waals surface area contributed by atoms with E-state index in [9.17, 15) is 9.18 Å². The van der Waals surface area contributed by atoms with Crippen LogP contribution in [0.25, 0.3) is 0 Å². The molecular formula is C17H17FN2O2. The normalized spacial score (nSPS) is 20.4. The van der Waals surface area contributed by atoms with E-state index in [-0.39, 0.29) is 17.8 Å². The standard InChI is InChI=1S/C17H17FN2O2/c18-12-7-5-11(6-8-12)15-9-10-20(15)17(21)16-13-3-1-2-4-14(13)19-22-16/h5-8,15H,1-4,9-10H2/t15-/m1/s1. The average molecular weight is 300 g/mol. The minimum Gasteiger partial charge on any atom is -0.350 e. The Labute approximate surface area is 127 Å². The number of likely N-dealkylation sites (tertiary alicyclic amines) is 1. The van der Waals surface area contributed by atoms with Crippen molar-refractivity contribution in [1.29, 1.82) is 0 Å². The van der Waals surface area contributed by atoms with E-state index in [0.29, 0.717) is 12.3 Å². The molecule has 2 aliphatic rings. The van der Waals surface area contributed by atoms with Gasteiger partial charge < -0.3 is 9.42 Å². The van der Waals surface area contributed by atoms with Gasteiger partial charge in [-0.25, -0.2) is 4.39 Å². The number of hydrogen-bond acceptors (Lipinski definition) is 3. The monoisotopic (exact) mass is 300 g/mol. The van der Waals surface area contributed by atoms with E-state index in [4.69, 9.17) is 4.52 Å². The topological polar surface area (TPSA) is 46.3 Å². The number of rotatable bonds is 2. The van der Waals surface area contributed by atoms with Crippen molar-refractivity contribution in [3.8, 4) is 0 Å². The molecule has 4 rings (SSSR count). The molecule has 1 saturated heterocycles. The molecule has 1 aliphatic carbocycles. The lowest BCUT2D eigenvalue weighted by Gasteiger charge is -2.40. The highest BCUT2D eigenvalue weighted by Gasteiger charge is 2.37. The molecule has 0 bridgehead atoms. The van der Waals surface area contributed by atoms with Crippen molar-refractivity contribution in [1.82, 2.24) is 10.1 Å². The zero-order valence-electron chi connectivity index (χ0n) is 12.2. The summed E-state index contributed by atoms with van der Waals surface area (Å²) in [7, 11) is 0. The van der Waals surface area contributed by atoms with Crippen molar-refractivity contribution in [3.05, 3.63) is 52.7 Å². The lowest BCUT2D eigenvalue weighted by Crippen LogP contribution is -2.45. The second-order valence-corrected chi connectivity index (χ2v) is 6.00. The molecular weight excluding hydrogens is 283 g/mol. The highest BCUT2D eigenvalue weighted by Crippen LogP contribution is 2.36. The van der Waals surface area contributed by atoms with Gasteiger partial charge in [0.25, 0.3) is 5.91 Å². The Balaban J connectivity index is 1.58. The molecule has 1 aromatic carbocycles. The van der Waals surface area contributed by atoms with Gasteiger partial charge in [-0.05, 0) is 49.8 Å². The van der Waals surface area contributed by atoms with Gasteiger partial charge in [-0.15, -0.1) is 0 Å². The highest BCUT2D eigenvalue weighted by atomic mass is 19.1. The molecule has 0 saturated carbocycles. The first-order valence-corrected chi connectivity index (χ1v) is 7.78.